The summed E-state index contributed by atoms with van der Waals surface area (Å²) in [6.45, 7) is 1.81. The second-order valence-electron chi connectivity index (χ2n) is 5.26. The lowest BCUT2D eigenvalue weighted by atomic mass is 10.2. The number of amides is 1. The van der Waals surface area contributed by atoms with Crippen LogP contribution in [-0.2, 0) is 4.79 Å². The first-order valence-corrected chi connectivity index (χ1v) is 9.52. The predicted molar refractivity (Wildman–Crippen MR) is 103 cm³/mol. The van der Waals surface area contributed by atoms with Gasteiger partial charge in [-0.25, -0.2) is 4.98 Å². The maximum absolute atomic E-state index is 12.4. The number of hydrogen-bond acceptors (Lipinski definition) is 7. The second-order valence-corrected chi connectivity index (χ2v) is 7.52. The highest BCUT2D eigenvalue weighted by Gasteiger charge is 2.18. The zero-order valence-corrected chi connectivity index (χ0v) is 16.1. The average molecular weight is 390 g/mol. The molecule has 0 saturated carbocycles. The molecule has 0 fully saturated rings. The quantitative estimate of drug-likeness (QED) is 0.599. The molecule has 26 heavy (non-hydrogen) atoms. The molecule has 0 saturated heterocycles. The lowest BCUT2D eigenvalue weighted by Gasteiger charge is -2.12. The Morgan fingerprint density at radius 1 is 1.27 bits per heavy atom. The molecule has 136 valence electrons. The summed E-state index contributed by atoms with van der Waals surface area (Å²) in [7, 11) is 3.12. The van der Waals surface area contributed by atoms with Crippen LogP contribution in [0.5, 0.6) is 11.5 Å². The fraction of sp³-hybridized carbons (Fsp3) is 0.235. The molecular formula is C17H18N4O3S2. The molecule has 1 atom stereocenters. The van der Waals surface area contributed by atoms with E-state index >= 15 is 0 Å². The van der Waals surface area contributed by atoms with E-state index in [1.165, 1.54) is 11.8 Å². The summed E-state index contributed by atoms with van der Waals surface area (Å²) in [5.74, 6) is 1.72. The first-order valence-electron chi connectivity index (χ1n) is 7.76. The normalized spacial score (nSPS) is 11.8. The monoisotopic (exact) mass is 390 g/mol. The van der Waals surface area contributed by atoms with E-state index in [0.717, 1.165) is 4.88 Å². The van der Waals surface area contributed by atoms with Crippen LogP contribution in [0.15, 0.2) is 40.9 Å². The first kappa shape index (κ1) is 18.3. The highest BCUT2D eigenvalue weighted by molar-refractivity contribution is 8.00. The Morgan fingerprint density at radius 2 is 2.08 bits per heavy atom. The van der Waals surface area contributed by atoms with Gasteiger partial charge in [0.05, 0.1) is 24.3 Å². The van der Waals surface area contributed by atoms with Crippen LogP contribution in [-0.4, -0.2) is 40.6 Å². The van der Waals surface area contributed by atoms with Gasteiger partial charge in [-0.2, -0.15) is 0 Å². The summed E-state index contributed by atoms with van der Waals surface area (Å²) in [5.41, 5.74) is 0.634. The molecule has 0 aliphatic carbocycles. The third-order valence-electron chi connectivity index (χ3n) is 3.52. The second kappa shape index (κ2) is 8.24. The number of rotatable bonds is 7. The molecule has 7 nitrogen and oxygen atoms in total. The van der Waals surface area contributed by atoms with Gasteiger partial charge in [-0.05, 0) is 30.5 Å². The summed E-state index contributed by atoms with van der Waals surface area (Å²) in [6, 6.07) is 9.14. The molecule has 3 aromatic rings. The summed E-state index contributed by atoms with van der Waals surface area (Å²) < 4.78 is 10.4. The number of aromatic amines is 1. The van der Waals surface area contributed by atoms with E-state index in [4.69, 9.17) is 9.47 Å². The van der Waals surface area contributed by atoms with E-state index in [0.29, 0.717) is 28.2 Å². The summed E-state index contributed by atoms with van der Waals surface area (Å²) in [6.07, 6.45) is 0. The molecular weight excluding hydrogens is 372 g/mol. The molecule has 0 bridgehead atoms. The molecule has 9 heteroatoms. The minimum Gasteiger partial charge on any atom is -0.493 e. The van der Waals surface area contributed by atoms with Crippen molar-refractivity contribution in [2.45, 2.75) is 17.3 Å². The summed E-state index contributed by atoms with van der Waals surface area (Å²) in [4.78, 5) is 17.9. The molecule has 0 spiro atoms. The van der Waals surface area contributed by atoms with Crippen molar-refractivity contribution in [3.05, 3.63) is 35.7 Å². The van der Waals surface area contributed by atoms with Crippen LogP contribution in [0.3, 0.4) is 0 Å². The van der Waals surface area contributed by atoms with Crippen molar-refractivity contribution in [2.75, 3.05) is 19.5 Å². The number of carbonyl (C=O) groups is 1. The topological polar surface area (TPSA) is 89.1 Å². The van der Waals surface area contributed by atoms with Gasteiger partial charge in [0.2, 0.25) is 11.1 Å². The van der Waals surface area contributed by atoms with Crippen LogP contribution in [0.1, 0.15) is 6.92 Å². The number of nitrogens with zero attached hydrogens (tertiary/aromatic N) is 2. The number of hydrogen-bond donors (Lipinski definition) is 2. The molecule has 0 aliphatic heterocycles. The maximum Gasteiger partial charge on any atom is 0.237 e. The molecule has 1 amide bonds. The van der Waals surface area contributed by atoms with E-state index in [-0.39, 0.29) is 11.2 Å². The van der Waals surface area contributed by atoms with E-state index < -0.39 is 0 Å². The van der Waals surface area contributed by atoms with E-state index in [1.54, 1.807) is 43.8 Å². The Hall–Kier alpha value is -2.52. The van der Waals surface area contributed by atoms with Gasteiger partial charge in [0.25, 0.3) is 0 Å². The summed E-state index contributed by atoms with van der Waals surface area (Å²) >= 11 is 2.87. The van der Waals surface area contributed by atoms with Gasteiger partial charge >= 0.3 is 0 Å². The molecule has 0 unspecified atom stereocenters. The van der Waals surface area contributed by atoms with Gasteiger partial charge in [-0.1, -0.05) is 17.8 Å². The zero-order valence-electron chi connectivity index (χ0n) is 14.5. The van der Waals surface area contributed by atoms with Crippen LogP contribution in [0, 0.1) is 0 Å². The molecule has 2 aromatic heterocycles. The highest BCUT2D eigenvalue weighted by atomic mass is 32.2. The molecule has 1 aromatic carbocycles. The van der Waals surface area contributed by atoms with Gasteiger partial charge < -0.3 is 14.8 Å². The van der Waals surface area contributed by atoms with Crippen molar-refractivity contribution in [2.24, 2.45) is 0 Å². The standard InChI is InChI=1S/C17H18N4O3S2/c1-10(26-17-19-15(20-21-17)14-5-4-8-25-14)16(22)18-11-6-7-12(23-2)13(9-11)24-3/h4-10H,1-3H3,(H,18,22)(H,19,20,21)/t10-/m1/s1. The summed E-state index contributed by atoms with van der Waals surface area (Å²) in [5, 5.41) is 12.1. The van der Waals surface area contributed by atoms with Crippen molar-refractivity contribution < 1.29 is 14.3 Å². The largest absolute Gasteiger partial charge is 0.493 e. The van der Waals surface area contributed by atoms with Gasteiger partial charge in [-0.3, -0.25) is 9.89 Å². The molecule has 2 heterocycles. The van der Waals surface area contributed by atoms with Crippen LogP contribution in [0.2, 0.25) is 0 Å². The minimum atomic E-state index is -0.366. The zero-order chi connectivity index (χ0) is 18.5. The lowest BCUT2D eigenvalue weighted by Crippen LogP contribution is -2.22. The first-order chi connectivity index (χ1) is 12.6. The Kier molecular flexibility index (Phi) is 5.79. The van der Waals surface area contributed by atoms with Crippen LogP contribution < -0.4 is 14.8 Å². The molecule has 2 N–H and O–H groups in total. The number of nitrogens with one attached hydrogen (secondary N) is 2. The molecule has 3 rings (SSSR count). The van der Waals surface area contributed by atoms with Crippen molar-refractivity contribution in [3.63, 3.8) is 0 Å². The number of H-pyrrole nitrogens is 1. The Labute approximate surface area is 159 Å². The van der Waals surface area contributed by atoms with Crippen molar-refractivity contribution in [3.8, 4) is 22.2 Å². The number of benzene rings is 1. The number of anilines is 1. The number of methoxy groups -OCH3 is 2. The molecule has 0 radical (unpaired) electrons. The fourth-order valence-electron chi connectivity index (χ4n) is 2.19. The third kappa shape index (κ3) is 4.17. The van der Waals surface area contributed by atoms with Crippen LogP contribution in [0.4, 0.5) is 5.69 Å². The Bertz CT molecular complexity index is 880. The number of thioether (sulfide) groups is 1. The highest BCUT2D eigenvalue weighted by Crippen LogP contribution is 2.30. The van der Waals surface area contributed by atoms with Gasteiger partial charge in [0, 0.05) is 11.8 Å². The van der Waals surface area contributed by atoms with Crippen LogP contribution in [0.25, 0.3) is 10.7 Å². The van der Waals surface area contributed by atoms with Gasteiger partial charge in [0.15, 0.2) is 17.3 Å². The smallest absolute Gasteiger partial charge is 0.237 e. The van der Waals surface area contributed by atoms with E-state index in [1.807, 2.05) is 24.4 Å². The third-order valence-corrected chi connectivity index (χ3v) is 5.36. The van der Waals surface area contributed by atoms with E-state index in [2.05, 4.69) is 20.5 Å². The van der Waals surface area contributed by atoms with Crippen molar-refractivity contribution in [1.82, 2.24) is 15.2 Å². The van der Waals surface area contributed by atoms with Gasteiger partial charge in [-0.15, -0.1) is 16.4 Å². The fourth-order valence-corrected chi connectivity index (χ4v) is 3.58. The number of thiophene rings is 1. The van der Waals surface area contributed by atoms with Crippen LogP contribution >= 0.6 is 23.1 Å². The predicted octanol–water partition coefficient (Wildman–Crippen LogP) is 3.67. The van der Waals surface area contributed by atoms with Gasteiger partial charge in [0.1, 0.15) is 0 Å². The van der Waals surface area contributed by atoms with Crippen molar-refractivity contribution >= 4 is 34.7 Å². The number of aromatic nitrogens is 3. The number of ether oxygens (including phenoxy) is 2. The maximum atomic E-state index is 12.4. The Morgan fingerprint density at radius 3 is 2.77 bits per heavy atom. The lowest BCUT2D eigenvalue weighted by molar-refractivity contribution is -0.115. The number of carbonyl (C=O) groups excluding carboxylic acids is 1. The minimum absolute atomic E-state index is 0.148. The average Bonchev–Trinajstić information content (AvgIpc) is 3.33. The Balaban J connectivity index is 1.63. The SMILES string of the molecule is COc1ccc(NC(=O)[C@@H](C)Sc2n[nH]c(-c3cccs3)n2)cc1OC. The van der Waals surface area contributed by atoms with E-state index in [9.17, 15) is 4.79 Å². The molecule has 0 aliphatic rings. The van der Waals surface area contributed by atoms with Crippen molar-refractivity contribution in [1.29, 1.82) is 0 Å².